The first-order chi connectivity index (χ1) is 30.8. The quantitative estimate of drug-likeness (QED) is 0.0468. The van der Waals surface area contributed by atoms with E-state index in [9.17, 15) is 19.2 Å². The van der Waals surface area contributed by atoms with Crippen molar-refractivity contribution in [3.8, 4) is 23.0 Å². The number of Topliss-reactive ketones (excluding diaryl/α,β-unsaturated/α-hetero) is 1. The molecule has 322 valence electrons. The van der Waals surface area contributed by atoms with Crippen LogP contribution in [0.2, 0.25) is 0 Å². The largest absolute Gasteiger partial charge is 0.493 e. The van der Waals surface area contributed by atoms with Crippen LogP contribution in [0, 0.1) is 0 Å². The fraction of sp³-hybridized carbons (Fsp3) is 0.200. The summed E-state index contributed by atoms with van der Waals surface area (Å²) in [4.78, 5) is 55.4. The minimum atomic E-state index is -1.55. The van der Waals surface area contributed by atoms with Gasteiger partial charge in [0.1, 0.15) is 6.61 Å². The molecule has 63 heavy (non-hydrogen) atoms. The number of para-hydroxylation sites is 2. The van der Waals surface area contributed by atoms with Crippen molar-refractivity contribution in [3.05, 3.63) is 192 Å². The molecule has 0 spiro atoms. The van der Waals surface area contributed by atoms with Crippen LogP contribution in [0.5, 0.6) is 23.0 Å². The van der Waals surface area contributed by atoms with Crippen molar-refractivity contribution in [1.29, 1.82) is 0 Å². The fourth-order valence-corrected chi connectivity index (χ4v) is 6.64. The lowest BCUT2D eigenvalue weighted by molar-refractivity contribution is -0.270. The van der Waals surface area contributed by atoms with Gasteiger partial charge >= 0.3 is 17.9 Å². The second-order valence-electron chi connectivity index (χ2n) is 14.1. The molecule has 0 aromatic heterocycles. The van der Waals surface area contributed by atoms with Gasteiger partial charge in [-0.1, -0.05) is 97.1 Å². The third-order valence-corrected chi connectivity index (χ3v) is 9.88. The molecule has 13 heteroatoms. The van der Waals surface area contributed by atoms with Gasteiger partial charge in [-0.15, -0.1) is 0 Å². The number of methoxy groups -OCH3 is 2. The van der Waals surface area contributed by atoms with E-state index < -0.39 is 61.0 Å². The minimum absolute atomic E-state index is 0.172. The Bertz CT molecular complexity index is 2450. The first kappa shape index (κ1) is 43.6. The summed E-state index contributed by atoms with van der Waals surface area (Å²) in [5, 5.41) is 0. The lowest BCUT2D eigenvalue weighted by atomic mass is 10.0. The molecule has 1 saturated heterocycles. The molecule has 6 aromatic rings. The van der Waals surface area contributed by atoms with Gasteiger partial charge in [0, 0.05) is 5.56 Å². The zero-order chi connectivity index (χ0) is 44.0. The highest BCUT2D eigenvalue weighted by atomic mass is 16.7. The highest BCUT2D eigenvalue weighted by molar-refractivity contribution is 6.00. The number of ketones is 1. The summed E-state index contributed by atoms with van der Waals surface area (Å²) in [6, 6.07) is 45.6. The smallest absolute Gasteiger partial charge is 0.338 e. The zero-order valence-corrected chi connectivity index (χ0v) is 34.4. The predicted molar refractivity (Wildman–Crippen MR) is 228 cm³/mol. The summed E-state index contributed by atoms with van der Waals surface area (Å²) >= 11 is 0. The summed E-state index contributed by atoms with van der Waals surface area (Å²) in [5.41, 5.74) is 1.72. The van der Waals surface area contributed by atoms with E-state index in [0.717, 1.165) is 5.56 Å². The Morgan fingerprint density at radius 2 is 1.05 bits per heavy atom. The van der Waals surface area contributed by atoms with E-state index in [0.29, 0.717) is 17.2 Å². The average molecular weight is 853 g/mol. The minimum Gasteiger partial charge on any atom is -0.493 e. The summed E-state index contributed by atoms with van der Waals surface area (Å²) in [5.74, 6) is -1.57. The molecule has 0 unspecified atom stereocenters. The van der Waals surface area contributed by atoms with Gasteiger partial charge < -0.3 is 42.6 Å². The Labute approximate surface area is 363 Å². The lowest BCUT2D eigenvalue weighted by Crippen LogP contribution is -2.58. The average Bonchev–Trinajstić information content (AvgIpc) is 3.34. The van der Waals surface area contributed by atoms with Gasteiger partial charge in [0.2, 0.25) is 5.78 Å². The number of ether oxygens (including phenoxy) is 9. The number of rotatable bonds is 18. The molecule has 5 atom stereocenters. The number of hydrogen-bond acceptors (Lipinski definition) is 13. The van der Waals surface area contributed by atoms with Crippen LogP contribution in [-0.2, 0) is 30.3 Å². The van der Waals surface area contributed by atoms with E-state index in [-0.39, 0.29) is 41.2 Å². The van der Waals surface area contributed by atoms with Gasteiger partial charge in [0.05, 0.1) is 44.1 Å². The van der Waals surface area contributed by atoms with Gasteiger partial charge in [-0.3, -0.25) is 4.79 Å². The molecule has 1 aliphatic heterocycles. The van der Waals surface area contributed by atoms with Crippen LogP contribution in [-0.4, -0.2) is 81.8 Å². The first-order valence-corrected chi connectivity index (χ1v) is 20.0. The highest BCUT2D eigenvalue weighted by Crippen LogP contribution is 2.33. The third kappa shape index (κ3) is 11.3. The number of benzene rings is 6. The highest BCUT2D eigenvalue weighted by Gasteiger charge is 2.49. The summed E-state index contributed by atoms with van der Waals surface area (Å²) < 4.78 is 54.0. The zero-order valence-electron chi connectivity index (χ0n) is 34.4. The predicted octanol–water partition coefficient (Wildman–Crippen LogP) is 7.96. The molecule has 1 fully saturated rings. The summed E-state index contributed by atoms with van der Waals surface area (Å²) in [7, 11) is 2.93. The van der Waals surface area contributed by atoms with E-state index >= 15 is 0 Å². The van der Waals surface area contributed by atoms with Crippen molar-refractivity contribution >= 4 is 23.7 Å². The van der Waals surface area contributed by atoms with E-state index in [1.165, 1.54) is 20.3 Å². The molecule has 0 aliphatic carbocycles. The van der Waals surface area contributed by atoms with Gasteiger partial charge in [-0.2, -0.15) is 0 Å². The van der Waals surface area contributed by atoms with Gasteiger partial charge in [0.25, 0.3) is 0 Å². The van der Waals surface area contributed by atoms with E-state index in [2.05, 4.69) is 0 Å². The van der Waals surface area contributed by atoms with Crippen LogP contribution in [0.15, 0.2) is 164 Å². The maximum atomic E-state index is 14.5. The molecule has 6 aromatic carbocycles. The molecule has 0 bridgehead atoms. The van der Waals surface area contributed by atoms with E-state index in [1.54, 1.807) is 127 Å². The topological polar surface area (TPSA) is 151 Å². The molecular weight excluding hydrogens is 809 g/mol. The third-order valence-electron chi connectivity index (χ3n) is 9.88. The summed E-state index contributed by atoms with van der Waals surface area (Å²) in [6.45, 7) is -0.574. The SMILES string of the molecule is COc1cc(C(=O)[C@H](CO[C@@H]2OC[C@@H](OC(=O)c3ccccc3)[C@H](OC(=O)c3ccccc3)[C@H]2OC(=O)c2ccccc2)Oc2ccccc2OC)ccc1OCc1ccccc1. The van der Waals surface area contributed by atoms with E-state index in [1.807, 2.05) is 30.3 Å². The lowest BCUT2D eigenvalue weighted by Gasteiger charge is -2.40. The number of hydrogen-bond donors (Lipinski definition) is 0. The van der Waals surface area contributed by atoms with Gasteiger partial charge in [-0.25, -0.2) is 14.4 Å². The van der Waals surface area contributed by atoms with Gasteiger partial charge in [-0.05, 0) is 72.3 Å². The molecule has 0 saturated carbocycles. The molecule has 0 N–H and O–H groups in total. The van der Waals surface area contributed by atoms with Crippen molar-refractivity contribution in [3.63, 3.8) is 0 Å². The molecule has 13 nitrogen and oxygen atoms in total. The second-order valence-corrected chi connectivity index (χ2v) is 14.1. The van der Waals surface area contributed by atoms with Crippen LogP contribution >= 0.6 is 0 Å². The van der Waals surface area contributed by atoms with Crippen molar-refractivity contribution < 1.29 is 61.8 Å². The number of carbonyl (C=O) groups excluding carboxylic acids is 4. The Morgan fingerprint density at radius 1 is 0.540 bits per heavy atom. The van der Waals surface area contributed by atoms with Crippen LogP contribution in [0.3, 0.4) is 0 Å². The Kier molecular flexibility index (Phi) is 14.8. The summed E-state index contributed by atoms with van der Waals surface area (Å²) in [6.07, 6.45) is -7.14. The van der Waals surface area contributed by atoms with Crippen molar-refractivity contribution in [2.45, 2.75) is 37.3 Å². The molecule has 7 rings (SSSR count). The van der Waals surface area contributed by atoms with E-state index in [4.69, 9.17) is 42.6 Å². The second kappa shape index (κ2) is 21.4. The normalized spacial score (nSPS) is 17.3. The number of carbonyl (C=O) groups is 4. The van der Waals surface area contributed by atoms with Crippen LogP contribution < -0.4 is 18.9 Å². The van der Waals surface area contributed by atoms with Crippen molar-refractivity contribution in [2.75, 3.05) is 27.4 Å². The fourth-order valence-electron chi connectivity index (χ4n) is 6.64. The number of esters is 3. The Balaban J connectivity index is 1.20. The molecular formula is C50H44O13. The maximum absolute atomic E-state index is 14.5. The Morgan fingerprint density at radius 3 is 1.62 bits per heavy atom. The van der Waals surface area contributed by atoms with Crippen LogP contribution in [0.4, 0.5) is 0 Å². The van der Waals surface area contributed by atoms with Crippen LogP contribution in [0.1, 0.15) is 47.0 Å². The molecule has 0 amide bonds. The van der Waals surface area contributed by atoms with Crippen LogP contribution in [0.25, 0.3) is 0 Å². The molecule has 0 radical (unpaired) electrons. The van der Waals surface area contributed by atoms with Crippen molar-refractivity contribution in [2.24, 2.45) is 0 Å². The standard InChI is InChI=1S/C50H44O13/c1-55-38-25-15-16-26-40(38)60-42(44(51)37-27-28-39(41(29-37)56-2)57-30-33-17-7-3-8-18-33)31-58-50-46(63-49(54)36-23-13-6-14-24-36)45(62-48(53)35-21-11-5-12-22-35)43(32-59-50)61-47(52)34-19-9-4-10-20-34/h3-29,42-43,45-46,50H,30-32H2,1-2H3/t42-,43+,45-,46+,50+/m0/s1. The van der Waals surface area contributed by atoms with Gasteiger partial charge in [0.15, 0.2) is 53.7 Å². The monoisotopic (exact) mass is 852 g/mol. The molecule has 1 heterocycles. The van der Waals surface area contributed by atoms with Crippen molar-refractivity contribution in [1.82, 2.24) is 0 Å². The Hall–Kier alpha value is -7.48. The first-order valence-electron chi connectivity index (χ1n) is 20.0. The molecule has 1 aliphatic rings. The maximum Gasteiger partial charge on any atom is 0.338 e.